The average molecular weight is 736 g/mol. The maximum atomic E-state index is 13.3. The molecule has 45 heavy (non-hydrogen) atoms. The van der Waals surface area contributed by atoms with E-state index in [4.69, 9.17) is 18.9 Å². The summed E-state index contributed by atoms with van der Waals surface area (Å²) >= 11 is 7.07. The van der Waals surface area contributed by atoms with Gasteiger partial charge in [0.1, 0.15) is 30.3 Å². The Bertz CT molecular complexity index is 1740. The zero-order valence-corrected chi connectivity index (χ0v) is 27.5. The Morgan fingerprint density at radius 2 is 1.47 bits per heavy atom. The lowest BCUT2D eigenvalue weighted by molar-refractivity contribution is -0.122. The Balaban J connectivity index is 1.30. The van der Waals surface area contributed by atoms with E-state index < -0.39 is 17.8 Å². The number of imide groups is 2. The minimum absolute atomic E-state index is 0.197. The second-order valence-electron chi connectivity index (χ2n) is 9.75. The van der Waals surface area contributed by atoms with Crippen LogP contribution in [0.2, 0.25) is 0 Å². The van der Waals surface area contributed by atoms with Crippen LogP contribution in [-0.4, -0.2) is 31.6 Å². The number of rotatable bonds is 11. The van der Waals surface area contributed by atoms with Gasteiger partial charge in [-0.15, -0.1) is 0 Å². The molecule has 1 N–H and O–H groups in total. The molecule has 230 valence electrons. The highest BCUT2D eigenvalue weighted by molar-refractivity contribution is 9.11. The summed E-state index contributed by atoms with van der Waals surface area (Å²) in [4.78, 5) is 39.5. The standard InChI is InChI=1S/C34H28Br2N2O7/c1-3-43-25-12-10-24(11-13-25)38-33(40)26(32(39)37-34(38)41)15-23-16-27(35)31(28(36)17-23)45-20-22-9-14-29(30(18-22)42-2)44-19-21-7-5-4-6-8-21/h4-18H,3,19-20H2,1-2H3,(H,37,39,41)/b26-15+. The summed E-state index contributed by atoms with van der Waals surface area (Å²) < 4.78 is 24.2. The molecule has 1 heterocycles. The molecule has 1 aliphatic heterocycles. The van der Waals surface area contributed by atoms with E-state index in [1.165, 1.54) is 6.08 Å². The van der Waals surface area contributed by atoms with Gasteiger partial charge in [-0.05, 0) is 110 Å². The van der Waals surface area contributed by atoms with E-state index >= 15 is 0 Å². The third kappa shape index (κ3) is 7.55. The molecule has 4 amide bonds. The molecule has 11 heteroatoms. The zero-order valence-electron chi connectivity index (χ0n) is 24.3. The third-order valence-electron chi connectivity index (χ3n) is 6.69. The monoisotopic (exact) mass is 734 g/mol. The maximum absolute atomic E-state index is 13.3. The third-order valence-corrected chi connectivity index (χ3v) is 7.87. The fraction of sp³-hybridized carbons (Fsp3) is 0.147. The average Bonchev–Trinajstić information content (AvgIpc) is 3.03. The number of carbonyl (C=O) groups is 3. The predicted octanol–water partition coefficient (Wildman–Crippen LogP) is 7.44. The number of hydrogen-bond acceptors (Lipinski definition) is 7. The molecule has 0 spiro atoms. The molecule has 4 aromatic carbocycles. The summed E-state index contributed by atoms with van der Waals surface area (Å²) in [5.41, 5.74) is 2.54. The number of methoxy groups -OCH3 is 1. The van der Waals surface area contributed by atoms with Gasteiger partial charge < -0.3 is 18.9 Å². The van der Waals surface area contributed by atoms with E-state index in [9.17, 15) is 14.4 Å². The molecular formula is C34H28Br2N2O7. The van der Waals surface area contributed by atoms with Crippen LogP contribution in [0.4, 0.5) is 10.5 Å². The second kappa shape index (κ2) is 14.4. The summed E-state index contributed by atoms with van der Waals surface area (Å²) in [5.74, 6) is 0.787. The number of benzene rings is 4. The van der Waals surface area contributed by atoms with Crippen molar-refractivity contribution in [3.63, 3.8) is 0 Å². The Labute approximate surface area is 277 Å². The highest BCUT2D eigenvalue weighted by Crippen LogP contribution is 2.37. The van der Waals surface area contributed by atoms with Crippen LogP contribution < -0.4 is 29.2 Å². The topological polar surface area (TPSA) is 103 Å². The van der Waals surface area contributed by atoms with Crippen LogP contribution in [0.5, 0.6) is 23.0 Å². The number of anilines is 1. The molecule has 1 saturated heterocycles. The summed E-state index contributed by atoms with van der Waals surface area (Å²) in [6, 6.07) is 24.5. The van der Waals surface area contributed by atoms with Gasteiger partial charge in [0.2, 0.25) is 0 Å². The minimum Gasteiger partial charge on any atom is -0.494 e. The SMILES string of the molecule is CCOc1ccc(N2C(=O)NC(=O)/C(=C\c3cc(Br)c(OCc4ccc(OCc5ccccc5)c(OC)c4)c(Br)c3)C2=O)cc1. The molecule has 0 radical (unpaired) electrons. The van der Waals surface area contributed by atoms with Crippen LogP contribution in [0.15, 0.2) is 99.4 Å². The lowest BCUT2D eigenvalue weighted by Gasteiger charge is -2.26. The summed E-state index contributed by atoms with van der Waals surface area (Å²) in [5, 5.41) is 2.24. The minimum atomic E-state index is -0.829. The van der Waals surface area contributed by atoms with Crippen molar-refractivity contribution in [3.8, 4) is 23.0 Å². The molecule has 4 aromatic rings. The number of barbiturate groups is 1. The molecule has 0 aromatic heterocycles. The lowest BCUT2D eigenvalue weighted by atomic mass is 10.1. The molecule has 0 bridgehead atoms. The molecule has 0 saturated carbocycles. The van der Waals surface area contributed by atoms with Crippen molar-refractivity contribution in [1.29, 1.82) is 0 Å². The van der Waals surface area contributed by atoms with Gasteiger partial charge in [-0.1, -0.05) is 36.4 Å². The first-order valence-corrected chi connectivity index (χ1v) is 15.5. The Kier molecular flexibility index (Phi) is 10.2. The molecule has 9 nitrogen and oxygen atoms in total. The van der Waals surface area contributed by atoms with E-state index in [1.54, 1.807) is 43.5 Å². The normalized spacial score (nSPS) is 13.9. The number of nitrogens with one attached hydrogen (secondary N) is 1. The predicted molar refractivity (Wildman–Crippen MR) is 177 cm³/mol. The van der Waals surface area contributed by atoms with Gasteiger partial charge in [0.25, 0.3) is 11.8 Å². The van der Waals surface area contributed by atoms with E-state index in [2.05, 4.69) is 37.2 Å². The van der Waals surface area contributed by atoms with Gasteiger partial charge in [-0.2, -0.15) is 0 Å². The van der Waals surface area contributed by atoms with Crippen molar-refractivity contribution in [3.05, 3.63) is 116 Å². The molecule has 1 aliphatic rings. The first kappa shape index (κ1) is 31.8. The van der Waals surface area contributed by atoms with Gasteiger partial charge in [0, 0.05) is 0 Å². The first-order valence-electron chi connectivity index (χ1n) is 13.9. The van der Waals surface area contributed by atoms with Crippen LogP contribution in [0.1, 0.15) is 23.6 Å². The van der Waals surface area contributed by atoms with Crippen molar-refractivity contribution in [2.45, 2.75) is 20.1 Å². The van der Waals surface area contributed by atoms with Crippen LogP contribution in [0.3, 0.4) is 0 Å². The van der Waals surface area contributed by atoms with E-state index in [0.29, 0.717) is 56.4 Å². The van der Waals surface area contributed by atoms with E-state index in [1.807, 2.05) is 55.5 Å². The molecule has 0 aliphatic carbocycles. The summed E-state index contributed by atoms with van der Waals surface area (Å²) in [7, 11) is 1.58. The Morgan fingerprint density at radius 1 is 0.778 bits per heavy atom. The fourth-order valence-electron chi connectivity index (χ4n) is 4.53. The highest BCUT2D eigenvalue weighted by atomic mass is 79.9. The molecular weight excluding hydrogens is 708 g/mol. The van der Waals surface area contributed by atoms with E-state index in [-0.39, 0.29) is 12.2 Å². The number of halogens is 2. The summed E-state index contributed by atoms with van der Waals surface area (Å²) in [6.45, 7) is 2.98. The largest absolute Gasteiger partial charge is 0.494 e. The zero-order chi connectivity index (χ0) is 31.9. The van der Waals surface area contributed by atoms with Gasteiger partial charge >= 0.3 is 6.03 Å². The van der Waals surface area contributed by atoms with Gasteiger partial charge in [-0.25, -0.2) is 9.69 Å². The lowest BCUT2D eigenvalue weighted by Crippen LogP contribution is -2.54. The van der Waals surface area contributed by atoms with Crippen LogP contribution in [0, 0.1) is 0 Å². The quantitative estimate of drug-likeness (QED) is 0.126. The first-order chi connectivity index (χ1) is 21.8. The molecule has 0 atom stereocenters. The number of urea groups is 1. The second-order valence-corrected chi connectivity index (χ2v) is 11.5. The number of carbonyl (C=O) groups excluding carboxylic acids is 3. The smallest absolute Gasteiger partial charge is 0.335 e. The van der Waals surface area contributed by atoms with E-state index in [0.717, 1.165) is 16.0 Å². The molecule has 1 fully saturated rings. The van der Waals surface area contributed by atoms with Crippen molar-refractivity contribution in [2.24, 2.45) is 0 Å². The van der Waals surface area contributed by atoms with Crippen molar-refractivity contribution in [1.82, 2.24) is 5.32 Å². The summed E-state index contributed by atoms with van der Waals surface area (Å²) in [6.07, 6.45) is 1.42. The van der Waals surface area contributed by atoms with Crippen molar-refractivity contribution >= 4 is 61.5 Å². The van der Waals surface area contributed by atoms with Crippen LogP contribution in [-0.2, 0) is 22.8 Å². The maximum Gasteiger partial charge on any atom is 0.335 e. The van der Waals surface area contributed by atoms with Crippen LogP contribution >= 0.6 is 31.9 Å². The molecule has 5 rings (SSSR count). The highest BCUT2D eigenvalue weighted by Gasteiger charge is 2.37. The number of amides is 4. The Hall–Kier alpha value is -4.61. The number of ether oxygens (including phenoxy) is 4. The van der Waals surface area contributed by atoms with Crippen molar-refractivity contribution < 1.29 is 33.3 Å². The van der Waals surface area contributed by atoms with Crippen molar-refractivity contribution in [2.75, 3.05) is 18.6 Å². The number of nitrogens with zero attached hydrogens (tertiary/aromatic N) is 1. The molecule has 0 unspecified atom stereocenters. The van der Waals surface area contributed by atoms with Crippen LogP contribution in [0.25, 0.3) is 6.08 Å². The van der Waals surface area contributed by atoms with Gasteiger partial charge in [0.05, 0.1) is 28.3 Å². The Morgan fingerprint density at radius 3 is 2.13 bits per heavy atom. The number of hydrogen-bond donors (Lipinski definition) is 1. The van der Waals surface area contributed by atoms with Gasteiger partial charge in [-0.3, -0.25) is 14.9 Å². The van der Waals surface area contributed by atoms with Gasteiger partial charge in [0.15, 0.2) is 11.5 Å². The fourth-order valence-corrected chi connectivity index (χ4v) is 5.98.